The first-order valence-electron chi connectivity index (χ1n) is 11.8. The SMILES string of the molecule is Brc1ccc(-c2ccc(-c3ccc(-c4ccc(-c5ccc(-c6ccc(Br)s6)s5)c5nsnc45)c4nsnc34)s2)s1. The summed E-state index contributed by atoms with van der Waals surface area (Å²) < 4.78 is 21.2. The van der Waals surface area contributed by atoms with Gasteiger partial charge in [-0.25, -0.2) is 0 Å². The van der Waals surface area contributed by atoms with Gasteiger partial charge >= 0.3 is 0 Å². The Morgan fingerprint density at radius 3 is 1.07 bits per heavy atom. The monoisotopic (exact) mass is 754 g/mol. The van der Waals surface area contributed by atoms with Crippen LogP contribution in [0.3, 0.4) is 0 Å². The van der Waals surface area contributed by atoms with Crippen molar-refractivity contribution in [2.45, 2.75) is 0 Å². The summed E-state index contributed by atoms with van der Waals surface area (Å²) in [7, 11) is 0. The van der Waals surface area contributed by atoms with Crippen molar-refractivity contribution in [2.75, 3.05) is 0 Å². The fourth-order valence-electron chi connectivity index (χ4n) is 4.69. The van der Waals surface area contributed by atoms with E-state index in [1.165, 1.54) is 52.7 Å². The molecule has 0 saturated carbocycles. The van der Waals surface area contributed by atoms with Crippen LogP contribution in [0.4, 0.5) is 0 Å². The van der Waals surface area contributed by atoms with Gasteiger partial charge in [-0.2, -0.15) is 17.5 Å². The van der Waals surface area contributed by atoms with Crippen molar-refractivity contribution in [2.24, 2.45) is 0 Å². The van der Waals surface area contributed by atoms with Gasteiger partial charge in [-0.05, 0) is 80.4 Å². The molecule has 2 aromatic carbocycles. The van der Waals surface area contributed by atoms with Gasteiger partial charge in [0.25, 0.3) is 0 Å². The van der Waals surface area contributed by atoms with Gasteiger partial charge < -0.3 is 0 Å². The molecule has 0 saturated heterocycles. The second-order valence-corrected chi connectivity index (χ2v) is 16.9. The number of fused-ring (bicyclic) bond motifs is 2. The van der Waals surface area contributed by atoms with Crippen LogP contribution in [0, 0.1) is 0 Å². The molecule has 0 aliphatic heterocycles. The Morgan fingerprint density at radius 1 is 0.350 bits per heavy atom. The number of thiophene rings is 4. The largest absolute Gasteiger partial charge is 0.172 e. The molecule has 0 aliphatic rings. The maximum Gasteiger partial charge on any atom is 0.114 e. The summed E-state index contributed by atoms with van der Waals surface area (Å²) >= 11 is 16.7. The number of hydrogen-bond donors (Lipinski definition) is 0. The number of aromatic nitrogens is 4. The lowest BCUT2D eigenvalue weighted by atomic mass is 9.98. The van der Waals surface area contributed by atoms with Crippen molar-refractivity contribution in [3.8, 4) is 51.5 Å². The normalized spacial score (nSPS) is 11.8. The molecule has 4 nitrogen and oxygen atoms in total. The molecule has 0 radical (unpaired) electrons. The van der Waals surface area contributed by atoms with Gasteiger partial charge in [0.2, 0.25) is 0 Å². The molecule has 0 fully saturated rings. The van der Waals surface area contributed by atoms with E-state index in [0.717, 1.165) is 51.9 Å². The molecule has 0 spiro atoms. The predicted molar refractivity (Wildman–Crippen MR) is 182 cm³/mol. The Balaban J connectivity index is 1.20. The summed E-state index contributed by atoms with van der Waals surface area (Å²) in [5, 5.41) is 0. The minimum Gasteiger partial charge on any atom is -0.172 e. The summed E-state index contributed by atoms with van der Waals surface area (Å²) in [6.07, 6.45) is 0. The minimum absolute atomic E-state index is 0.903. The second-order valence-electron chi connectivity index (χ2n) is 8.78. The Labute approximate surface area is 269 Å². The molecule has 40 heavy (non-hydrogen) atoms. The van der Waals surface area contributed by atoms with E-state index in [0.29, 0.717) is 0 Å². The van der Waals surface area contributed by atoms with Crippen LogP contribution < -0.4 is 0 Å². The molecule has 6 aromatic heterocycles. The molecule has 12 heteroatoms. The van der Waals surface area contributed by atoms with E-state index in [2.05, 4.69) is 105 Å². The zero-order valence-electron chi connectivity index (χ0n) is 19.9. The van der Waals surface area contributed by atoms with Crippen LogP contribution in [-0.2, 0) is 0 Å². The van der Waals surface area contributed by atoms with Crippen molar-refractivity contribution < 1.29 is 0 Å². The highest BCUT2D eigenvalue weighted by Crippen LogP contribution is 2.45. The van der Waals surface area contributed by atoms with Crippen LogP contribution in [0.2, 0.25) is 0 Å². The molecule has 0 bridgehead atoms. The van der Waals surface area contributed by atoms with Gasteiger partial charge in [-0.3, -0.25) is 0 Å². The van der Waals surface area contributed by atoms with Gasteiger partial charge in [0.05, 0.1) is 31.0 Å². The lowest BCUT2D eigenvalue weighted by molar-refractivity contribution is 1.59. The molecule has 8 aromatic rings. The average molecular weight is 757 g/mol. The standard InChI is InChI=1S/C28H12Br2N4S6/c29-23-11-9-21(37-23)19-7-5-17(35-19)15-3-1-13(25-27(15)33-39-31-25)14-2-4-16(28-26(14)32-40-34-28)18-6-8-20(36-18)22-10-12-24(30)38-22/h1-12H. The van der Waals surface area contributed by atoms with E-state index in [1.807, 2.05) is 0 Å². The fourth-order valence-corrected chi connectivity index (χ4v) is 10.9. The molecule has 0 amide bonds. The van der Waals surface area contributed by atoms with Crippen molar-refractivity contribution in [3.05, 3.63) is 80.4 Å². The first-order valence-corrected chi connectivity index (χ1v) is 18.2. The van der Waals surface area contributed by atoms with Gasteiger partial charge in [0.15, 0.2) is 0 Å². The smallest absolute Gasteiger partial charge is 0.114 e. The maximum absolute atomic E-state index is 4.75. The van der Waals surface area contributed by atoms with E-state index in [9.17, 15) is 0 Å². The summed E-state index contributed by atoms with van der Waals surface area (Å²) in [5.41, 5.74) is 7.93. The molecule has 8 rings (SSSR count). The quantitative estimate of drug-likeness (QED) is 0.175. The van der Waals surface area contributed by atoms with Crippen LogP contribution in [0.5, 0.6) is 0 Å². The number of benzene rings is 2. The van der Waals surface area contributed by atoms with E-state index >= 15 is 0 Å². The first kappa shape index (κ1) is 25.5. The summed E-state index contributed by atoms with van der Waals surface area (Å²) in [6, 6.07) is 25.9. The molecule has 0 atom stereocenters. The Bertz CT molecular complexity index is 2020. The van der Waals surface area contributed by atoms with E-state index < -0.39 is 0 Å². The zero-order chi connectivity index (χ0) is 26.8. The average Bonchev–Trinajstić information content (AvgIpc) is 3.80. The fraction of sp³-hybridized carbons (Fsp3) is 0. The third kappa shape index (κ3) is 4.36. The molecular weight excluding hydrogens is 745 g/mol. The first-order chi connectivity index (χ1) is 19.6. The van der Waals surface area contributed by atoms with Crippen LogP contribution in [0.15, 0.2) is 80.4 Å². The third-order valence-electron chi connectivity index (χ3n) is 6.50. The Kier molecular flexibility index (Phi) is 6.57. The molecule has 0 unspecified atom stereocenters. The predicted octanol–water partition coefficient (Wildman–Crippen LogP) is 11.8. The van der Waals surface area contributed by atoms with Crippen molar-refractivity contribution in [1.82, 2.24) is 17.5 Å². The summed E-state index contributed by atoms with van der Waals surface area (Å²) in [4.78, 5) is 7.39. The molecule has 194 valence electrons. The summed E-state index contributed by atoms with van der Waals surface area (Å²) in [5.74, 6) is 0. The van der Waals surface area contributed by atoms with E-state index in [4.69, 9.17) is 17.5 Å². The van der Waals surface area contributed by atoms with Gasteiger partial charge in [-0.1, -0.05) is 24.3 Å². The van der Waals surface area contributed by atoms with Gasteiger partial charge in [-0.15, -0.1) is 45.3 Å². The number of hydrogen-bond acceptors (Lipinski definition) is 10. The lowest BCUT2D eigenvalue weighted by Crippen LogP contribution is -1.87. The molecule has 0 aliphatic carbocycles. The molecular formula is C28H12Br2N4S6. The van der Waals surface area contributed by atoms with Crippen molar-refractivity contribution in [3.63, 3.8) is 0 Å². The van der Waals surface area contributed by atoms with Crippen molar-refractivity contribution >= 4 is 123 Å². The maximum atomic E-state index is 4.75. The lowest BCUT2D eigenvalue weighted by Gasteiger charge is -2.08. The summed E-state index contributed by atoms with van der Waals surface area (Å²) in [6.45, 7) is 0. The Hall–Kier alpha value is -2.16. The van der Waals surface area contributed by atoms with Crippen molar-refractivity contribution in [1.29, 1.82) is 0 Å². The third-order valence-corrected chi connectivity index (χ3v) is 13.4. The minimum atomic E-state index is 0.903. The number of halogens is 2. The highest BCUT2D eigenvalue weighted by atomic mass is 79.9. The van der Waals surface area contributed by atoms with Crippen LogP contribution in [-0.4, -0.2) is 17.5 Å². The van der Waals surface area contributed by atoms with Crippen LogP contribution >= 0.6 is 101 Å². The molecule has 6 heterocycles. The number of nitrogens with zero attached hydrogens (tertiary/aromatic N) is 4. The van der Waals surface area contributed by atoms with E-state index in [1.54, 1.807) is 45.3 Å². The van der Waals surface area contributed by atoms with Gasteiger partial charge in [0.1, 0.15) is 22.1 Å². The van der Waals surface area contributed by atoms with Crippen LogP contribution in [0.1, 0.15) is 0 Å². The molecule has 0 N–H and O–H groups in total. The topological polar surface area (TPSA) is 51.6 Å². The highest BCUT2D eigenvalue weighted by Gasteiger charge is 2.20. The second kappa shape index (κ2) is 10.3. The number of rotatable bonds is 5. The Morgan fingerprint density at radius 2 is 0.675 bits per heavy atom. The highest BCUT2D eigenvalue weighted by molar-refractivity contribution is 9.11. The zero-order valence-corrected chi connectivity index (χ0v) is 28.0. The van der Waals surface area contributed by atoms with Gasteiger partial charge in [0, 0.05) is 51.5 Å². The van der Waals surface area contributed by atoms with Crippen LogP contribution in [0.25, 0.3) is 73.6 Å². The van der Waals surface area contributed by atoms with E-state index in [-0.39, 0.29) is 0 Å².